The molecule has 0 saturated heterocycles. The van der Waals surface area contributed by atoms with Crippen LogP contribution in [0.2, 0.25) is 0 Å². The fraction of sp³-hybridized carbons (Fsp3) is 0.227. The highest BCUT2D eigenvalue weighted by Crippen LogP contribution is 2.18. The number of pyridine rings is 1. The molecule has 0 aliphatic rings. The van der Waals surface area contributed by atoms with Crippen LogP contribution in [-0.4, -0.2) is 37.4 Å². The maximum Gasteiger partial charge on any atom is 0.339 e. The number of hydrogen-bond acceptors (Lipinski definition) is 6. The van der Waals surface area contributed by atoms with Crippen LogP contribution in [0.5, 0.6) is 0 Å². The lowest BCUT2D eigenvalue weighted by molar-refractivity contribution is -0.123. The Morgan fingerprint density at radius 2 is 1.66 bits per heavy atom. The number of carbonyl (C=O) groups excluding carboxylic acids is 2. The molecule has 32 heavy (non-hydrogen) atoms. The van der Waals surface area contributed by atoms with E-state index < -0.39 is 33.6 Å². The highest BCUT2D eigenvalue weighted by atomic mass is 32.2. The third-order valence-corrected chi connectivity index (χ3v) is 6.12. The van der Waals surface area contributed by atoms with E-state index in [-0.39, 0.29) is 16.5 Å². The number of rotatable bonds is 7. The van der Waals surface area contributed by atoms with Gasteiger partial charge in [0.1, 0.15) is 0 Å². The molecule has 9 nitrogen and oxygen atoms in total. The molecule has 3 N–H and O–H groups in total. The maximum absolute atomic E-state index is 12.6. The summed E-state index contributed by atoms with van der Waals surface area (Å²) in [5.41, 5.74) is 0.403. The highest BCUT2D eigenvalue weighted by molar-refractivity contribution is 7.89. The van der Waals surface area contributed by atoms with Gasteiger partial charge in [0.15, 0.2) is 6.10 Å². The molecular formula is C22H23N3O6S. The molecule has 1 heterocycles. The van der Waals surface area contributed by atoms with Gasteiger partial charge in [-0.25, -0.2) is 17.9 Å². The number of H-pyrrole nitrogens is 1. The molecule has 168 valence electrons. The molecule has 1 aromatic heterocycles. The van der Waals surface area contributed by atoms with Gasteiger partial charge in [-0.2, -0.15) is 0 Å². The molecule has 0 radical (unpaired) electrons. The van der Waals surface area contributed by atoms with Gasteiger partial charge in [-0.05, 0) is 51.1 Å². The summed E-state index contributed by atoms with van der Waals surface area (Å²) >= 11 is 0. The zero-order chi connectivity index (χ0) is 23.5. The molecule has 1 atom stereocenters. The van der Waals surface area contributed by atoms with Crippen LogP contribution in [0.1, 0.15) is 31.1 Å². The molecule has 0 spiro atoms. The van der Waals surface area contributed by atoms with Crippen molar-refractivity contribution in [1.29, 1.82) is 0 Å². The van der Waals surface area contributed by atoms with E-state index >= 15 is 0 Å². The summed E-state index contributed by atoms with van der Waals surface area (Å²) in [5, 5.41) is 3.06. The van der Waals surface area contributed by atoms with Crippen molar-refractivity contribution in [1.82, 2.24) is 9.71 Å². The molecular weight excluding hydrogens is 434 g/mol. The second-order valence-corrected chi connectivity index (χ2v) is 9.14. The molecule has 0 fully saturated rings. The van der Waals surface area contributed by atoms with Crippen LogP contribution >= 0.6 is 0 Å². The average Bonchev–Trinajstić information content (AvgIpc) is 2.72. The molecule has 0 aliphatic carbocycles. The lowest BCUT2D eigenvalue weighted by Gasteiger charge is -2.15. The molecule has 0 saturated carbocycles. The number of anilines is 1. The Bertz CT molecular complexity index is 1310. The second kappa shape index (κ2) is 9.33. The second-order valence-electron chi connectivity index (χ2n) is 7.43. The van der Waals surface area contributed by atoms with Crippen molar-refractivity contribution >= 4 is 38.5 Å². The van der Waals surface area contributed by atoms with Gasteiger partial charge in [-0.1, -0.05) is 18.2 Å². The summed E-state index contributed by atoms with van der Waals surface area (Å²) in [7, 11) is -3.65. The number of nitrogens with one attached hydrogen (secondary N) is 3. The number of sulfonamides is 1. The van der Waals surface area contributed by atoms with Gasteiger partial charge in [-0.15, -0.1) is 0 Å². The monoisotopic (exact) mass is 457 g/mol. The first-order valence-electron chi connectivity index (χ1n) is 9.83. The van der Waals surface area contributed by atoms with Crippen molar-refractivity contribution in [3.8, 4) is 0 Å². The van der Waals surface area contributed by atoms with Gasteiger partial charge in [-0.3, -0.25) is 9.59 Å². The molecule has 3 aromatic rings. The maximum atomic E-state index is 12.6. The summed E-state index contributed by atoms with van der Waals surface area (Å²) in [6, 6.07) is 13.2. The van der Waals surface area contributed by atoms with Gasteiger partial charge in [0, 0.05) is 28.7 Å². The van der Waals surface area contributed by atoms with Gasteiger partial charge in [0.05, 0.1) is 10.5 Å². The summed E-state index contributed by atoms with van der Waals surface area (Å²) in [6.45, 7) is 4.82. The summed E-state index contributed by atoms with van der Waals surface area (Å²) in [4.78, 5) is 39.6. The molecule has 0 bridgehead atoms. The van der Waals surface area contributed by atoms with Crippen molar-refractivity contribution in [3.05, 3.63) is 70.5 Å². The van der Waals surface area contributed by atoms with Crippen molar-refractivity contribution in [2.75, 3.05) is 5.32 Å². The number of aromatic amines is 1. The third kappa shape index (κ3) is 5.40. The number of aromatic nitrogens is 1. The summed E-state index contributed by atoms with van der Waals surface area (Å²) in [5.74, 6) is -1.42. The molecule has 0 unspecified atom stereocenters. The number of fused-ring (bicyclic) bond motifs is 1. The minimum Gasteiger partial charge on any atom is -0.449 e. The predicted octanol–water partition coefficient (Wildman–Crippen LogP) is 2.40. The standard InChI is InChI=1S/C22H23N3O6S/c1-13(2)25-32(29,30)16-10-8-15(9-11-16)23-21(27)14(3)31-22(28)18-12-20(26)24-19-7-5-4-6-17(18)19/h4-14,25H,1-3H3,(H,23,27)(H,24,26)/t14-/m0/s1. The Kier molecular flexibility index (Phi) is 6.75. The predicted molar refractivity (Wildman–Crippen MR) is 120 cm³/mol. The van der Waals surface area contributed by atoms with Crippen LogP contribution in [0, 0.1) is 0 Å². The van der Waals surface area contributed by atoms with E-state index in [1.807, 2.05) is 0 Å². The normalized spacial score (nSPS) is 12.5. The number of esters is 1. The quantitative estimate of drug-likeness (QED) is 0.467. The van der Waals surface area contributed by atoms with Gasteiger partial charge >= 0.3 is 5.97 Å². The Morgan fingerprint density at radius 3 is 2.31 bits per heavy atom. The van der Waals surface area contributed by atoms with Crippen LogP contribution < -0.4 is 15.6 Å². The van der Waals surface area contributed by atoms with E-state index in [4.69, 9.17) is 4.74 Å². The van der Waals surface area contributed by atoms with Crippen LogP contribution in [0.25, 0.3) is 10.9 Å². The lowest BCUT2D eigenvalue weighted by atomic mass is 10.1. The lowest BCUT2D eigenvalue weighted by Crippen LogP contribution is -2.31. The van der Waals surface area contributed by atoms with Gasteiger partial charge in [0.25, 0.3) is 5.91 Å². The Hall–Kier alpha value is -3.50. The Labute approximate surface area is 184 Å². The van der Waals surface area contributed by atoms with E-state index in [0.29, 0.717) is 16.6 Å². The topological polar surface area (TPSA) is 134 Å². The molecule has 10 heteroatoms. The van der Waals surface area contributed by atoms with E-state index in [1.165, 1.54) is 31.2 Å². The average molecular weight is 458 g/mol. The third-order valence-electron chi connectivity index (χ3n) is 4.45. The molecule has 0 aliphatic heterocycles. The summed E-state index contributed by atoms with van der Waals surface area (Å²) < 4.78 is 32.1. The first-order chi connectivity index (χ1) is 15.1. The fourth-order valence-electron chi connectivity index (χ4n) is 2.99. The van der Waals surface area contributed by atoms with Crippen molar-refractivity contribution in [2.24, 2.45) is 0 Å². The van der Waals surface area contributed by atoms with Crippen LogP contribution in [-0.2, 0) is 19.6 Å². The van der Waals surface area contributed by atoms with Crippen LogP contribution in [0.3, 0.4) is 0 Å². The van der Waals surface area contributed by atoms with Crippen molar-refractivity contribution in [2.45, 2.75) is 37.8 Å². The largest absolute Gasteiger partial charge is 0.449 e. The minimum absolute atomic E-state index is 0.0520. The van der Waals surface area contributed by atoms with Gasteiger partial charge in [0.2, 0.25) is 15.6 Å². The first-order valence-corrected chi connectivity index (χ1v) is 11.3. The number of para-hydroxylation sites is 1. The van der Waals surface area contributed by atoms with Crippen molar-refractivity contribution in [3.63, 3.8) is 0 Å². The number of carbonyl (C=O) groups is 2. The smallest absolute Gasteiger partial charge is 0.339 e. The highest BCUT2D eigenvalue weighted by Gasteiger charge is 2.21. The van der Waals surface area contributed by atoms with E-state index in [9.17, 15) is 22.8 Å². The van der Waals surface area contributed by atoms with E-state index in [1.54, 1.807) is 38.1 Å². The Morgan fingerprint density at radius 1 is 1.00 bits per heavy atom. The molecule has 2 aromatic carbocycles. The SMILES string of the molecule is CC(C)NS(=O)(=O)c1ccc(NC(=O)[C@H](C)OC(=O)c2cc(=O)[nH]c3ccccc23)cc1. The zero-order valence-corrected chi connectivity index (χ0v) is 18.5. The minimum atomic E-state index is -3.65. The first kappa shape index (κ1) is 23.2. The number of hydrogen-bond donors (Lipinski definition) is 3. The number of benzene rings is 2. The Balaban J connectivity index is 1.69. The van der Waals surface area contributed by atoms with E-state index in [0.717, 1.165) is 6.07 Å². The van der Waals surface area contributed by atoms with Crippen molar-refractivity contribution < 1.29 is 22.7 Å². The van der Waals surface area contributed by atoms with Gasteiger partial charge < -0.3 is 15.0 Å². The number of amides is 1. The zero-order valence-electron chi connectivity index (χ0n) is 17.7. The van der Waals surface area contributed by atoms with Crippen LogP contribution in [0.15, 0.2) is 64.3 Å². The molecule has 3 rings (SSSR count). The van der Waals surface area contributed by atoms with Crippen LogP contribution in [0.4, 0.5) is 5.69 Å². The number of ether oxygens (including phenoxy) is 1. The van der Waals surface area contributed by atoms with E-state index in [2.05, 4.69) is 15.0 Å². The fourth-order valence-corrected chi connectivity index (χ4v) is 4.24. The summed E-state index contributed by atoms with van der Waals surface area (Å²) in [6.07, 6.45) is -1.16. The molecule has 1 amide bonds.